The van der Waals surface area contributed by atoms with Crippen LogP contribution in [0.15, 0.2) is 11.6 Å². The summed E-state index contributed by atoms with van der Waals surface area (Å²) in [6.07, 6.45) is 2.61. The van der Waals surface area contributed by atoms with Crippen LogP contribution in [-0.2, 0) is 5.54 Å². The molecule has 6 heteroatoms. The van der Waals surface area contributed by atoms with Crippen LogP contribution < -0.4 is 9.47 Å². The van der Waals surface area contributed by atoms with Crippen molar-refractivity contribution in [3.63, 3.8) is 0 Å². The number of carbonyl (C=O) groups is 1. The van der Waals surface area contributed by atoms with Crippen molar-refractivity contribution in [2.45, 2.75) is 26.3 Å². The van der Waals surface area contributed by atoms with E-state index in [-0.39, 0.29) is 5.54 Å². The molecule has 5 nitrogen and oxygen atoms in total. The van der Waals surface area contributed by atoms with E-state index in [1.54, 1.807) is 6.20 Å². The molecule has 2 aromatic rings. The number of hydrogen-bond donors (Lipinski definition) is 0. The van der Waals surface area contributed by atoms with E-state index in [9.17, 15) is 4.79 Å². The van der Waals surface area contributed by atoms with Crippen LogP contribution in [0.25, 0.3) is 10.6 Å². The number of aromatic nitrogens is 2. The van der Waals surface area contributed by atoms with Gasteiger partial charge >= 0.3 is 0 Å². The molecule has 0 aromatic carbocycles. The summed E-state index contributed by atoms with van der Waals surface area (Å²) in [6, 6.07) is 0. The highest BCUT2D eigenvalue weighted by Crippen LogP contribution is 2.45. The van der Waals surface area contributed by atoms with Gasteiger partial charge in [0.15, 0.2) is 17.8 Å². The molecule has 20 heavy (non-hydrogen) atoms. The van der Waals surface area contributed by atoms with E-state index in [0.29, 0.717) is 30.2 Å². The third-order valence-electron chi connectivity index (χ3n) is 3.07. The third kappa shape index (κ3) is 2.10. The Kier molecular flexibility index (Phi) is 3.05. The average Bonchev–Trinajstić information content (AvgIpc) is 3.01. The fourth-order valence-electron chi connectivity index (χ4n) is 2.02. The molecule has 0 N–H and O–H groups in total. The van der Waals surface area contributed by atoms with Crippen molar-refractivity contribution in [2.24, 2.45) is 0 Å². The third-order valence-corrected chi connectivity index (χ3v) is 4.02. The first-order chi connectivity index (χ1) is 9.50. The summed E-state index contributed by atoms with van der Waals surface area (Å²) in [7, 11) is 0. The quantitative estimate of drug-likeness (QED) is 0.799. The summed E-state index contributed by atoms with van der Waals surface area (Å²) in [5, 5.41) is 6.46. The highest BCUT2D eigenvalue weighted by atomic mass is 32.1. The molecule has 106 valence electrons. The summed E-state index contributed by atoms with van der Waals surface area (Å²) in [6.45, 7) is 7.21. The second-order valence-corrected chi connectivity index (χ2v) is 6.50. The molecule has 0 aliphatic carbocycles. The van der Waals surface area contributed by atoms with Gasteiger partial charge in [0.05, 0.1) is 11.1 Å². The monoisotopic (exact) mass is 292 g/mol. The summed E-state index contributed by atoms with van der Waals surface area (Å²) in [5.41, 5.74) is 1.05. The van der Waals surface area contributed by atoms with Crippen LogP contribution >= 0.6 is 11.3 Å². The molecule has 0 spiro atoms. The maximum atomic E-state index is 11.3. The lowest BCUT2D eigenvalue weighted by molar-refractivity contribution is 0.112. The number of thiophene rings is 1. The van der Waals surface area contributed by atoms with E-state index in [4.69, 9.17) is 9.47 Å². The molecule has 3 heterocycles. The van der Waals surface area contributed by atoms with Gasteiger partial charge in [0.2, 0.25) is 0 Å². The van der Waals surface area contributed by atoms with Crippen molar-refractivity contribution in [1.29, 1.82) is 0 Å². The van der Waals surface area contributed by atoms with Crippen LogP contribution in [0.5, 0.6) is 11.5 Å². The van der Waals surface area contributed by atoms with Crippen molar-refractivity contribution < 1.29 is 14.3 Å². The van der Waals surface area contributed by atoms with Crippen LogP contribution in [-0.4, -0.2) is 29.3 Å². The lowest BCUT2D eigenvalue weighted by Gasteiger charge is -2.19. The smallest absolute Gasteiger partial charge is 0.181 e. The summed E-state index contributed by atoms with van der Waals surface area (Å²) in [4.78, 5) is 12.2. The van der Waals surface area contributed by atoms with Gasteiger partial charge in [-0.05, 0) is 20.8 Å². The van der Waals surface area contributed by atoms with E-state index in [1.807, 2.05) is 30.8 Å². The van der Waals surface area contributed by atoms with Crippen molar-refractivity contribution in [2.75, 3.05) is 13.2 Å². The molecule has 0 atom stereocenters. The van der Waals surface area contributed by atoms with Gasteiger partial charge in [0.1, 0.15) is 23.8 Å². The Morgan fingerprint density at radius 2 is 2.10 bits per heavy atom. The number of rotatable bonds is 2. The fourth-order valence-corrected chi connectivity index (χ4v) is 2.96. The van der Waals surface area contributed by atoms with Gasteiger partial charge in [0.25, 0.3) is 0 Å². The van der Waals surface area contributed by atoms with Crippen LogP contribution in [0.4, 0.5) is 0 Å². The number of hydrogen-bond acceptors (Lipinski definition) is 5. The zero-order valence-corrected chi connectivity index (χ0v) is 12.5. The van der Waals surface area contributed by atoms with Crippen molar-refractivity contribution >= 4 is 17.6 Å². The van der Waals surface area contributed by atoms with E-state index < -0.39 is 0 Å². The highest BCUT2D eigenvalue weighted by Gasteiger charge is 2.25. The Bertz CT molecular complexity index is 652. The fraction of sp³-hybridized carbons (Fsp3) is 0.429. The Balaban J connectivity index is 2.12. The first kappa shape index (κ1) is 13.2. The number of nitrogens with zero attached hydrogens (tertiary/aromatic N) is 2. The number of aldehydes is 1. The molecule has 0 unspecified atom stereocenters. The first-order valence-corrected chi connectivity index (χ1v) is 7.31. The molecule has 1 aliphatic heterocycles. The molecule has 1 aliphatic rings. The van der Waals surface area contributed by atoms with Gasteiger partial charge in [-0.1, -0.05) is 0 Å². The molecule has 0 amide bonds. The van der Waals surface area contributed by atoms with Gasteiger partial charge in [-0.3, -0.25) is 9.48 Å². The Morgan fingerprint density at radius 1 is 1.35 bits per heavy atom. The van der Waals surface area contributed by atoms with Crippen molar-refractivity contribution in [3.05, 3.63) is 17.1 Å². The largest absolute Gasteiger partial charge is 0.485 e. The maximum absolute atomic E-state index is 11.3. The molecule has 0 saturated heterocycles. The normalized spacial score (nSPS) is 14.3. The zero-order chi connectivity index (χ0) is 14.3. The second-order valence-electron chi connectivity index (χ2n) is 5.62. The maximum Gasteiger partial charge on any atom is 0.181 e. The summed E-state index contributed by atoms with van der Waals surface area (Å²) >= 11 is 1.49. The average molecular weight is 292 g/mol. The van der Waals surface area contributed by atoms with Gasteiger partial charge < -0.3 is 9.47 Å². The lowest BCUT2D eigenvalue weighted by atomic mass is 10.1. The SMILES string of the molecule is CC(C)(C)n1cc(C=O)c(-c2scc3c2OCCO3)n1. The lowest BCUT2D eigenvalue weighted by Crippen LogP contribution is -2.22. The molecule has 0 saturated carbocycles. The Morgan fingerprint density at radius 3 is 2.80 bits per heavy atom. The molecule has 0 bridgehead atoms. The zero-order valence-electron chi connectivity index (χ0n) is 11.7. The minimum atomic E-state index is -0.176. The predicted octanol–water partition coefficient (Wildman–Crippen LogP) is 2.95. The van der Waals surface area contributed by atoms with Gasteiger partial charge in [-0.25, -0.2) is 0 Å². The standard InChI is InChI=1S/C14H16N2O3S/c1-14(2,3)16-6-9(7-17)11(15-16)13-12-10(8-20-13)18-4-5-19-12/h6-8H,4-5H2,1-3H3. The molecule has 3 rings (SSSR count). The van der Waals surface area contributed by atoms with Crippen LogP contribution in [0.3, 0.4) is 0 Å². The summed E-state index contributed by atoms with van der Waals surface area (Å²) < 4.78 is 13.0. The van der Waals surface area contributed by atoms with Crippen LogP contribution in [0.1, 0.15) is 31.1 Å². The Labute approximate surface area is 121 Å². The first-order valence-electron chi connectivity index (χ1n) is 6.43. The molecule has 2 aromatic heterocycles. The number of carbonyl (C=O) groups excluding carboxylic acids is 1. The second kappa shape index (κ2) is 4.63. The number of ether oxygens (including phenoxy) is 2. The van der Waals surface area contributed by atoms with Crippen molar-refractivity contribution in [1.82, 2.24) is 9.78 Å². The molecular weight excluding hydrogens is 276 g/mol. The molecular formula is C14H16N2O3S. The predicted molar refractivity (Wildman–Crippen MR) is 76.9 cm³/mol. The van der Waals surface area contributed by atoms with E-state index in [1.165, 1.54) is 11.3 Å². The minimum Gasteiger partial charge on any atom is -0.485 e. The van der Waals surface area contributed by atoms with Gasteiger partial charge in [0, 0.05) is 11.6 Å². The minimum absolute atomic E-state index is 0.176. The number of fused-ring (bicyclic) bond motifs is 1. The van der Waals surface area contributed by atoms with Crippen LogP contribution in [0.2, 0.25) is 0 Å². The Hall–Kier alpha value is -1.82. The van der Waals surface area contributed by atoms with Gasteiger partial charge in [-0.15, -0.1) is 11.3 Å². The van der Waals surface area contributed by atoms with E-state index >= 15 is 0 Å². The summed E-state index contributed by atoms with van der Waals surface area (Å²) in [5.74, 6) is 1.43. The van der Waals surface area contributed by atoms with Gasteiger partial charge in [-0.2, -0.15) is 5.10 Å². The van der Waals surface area contributed by atoms with Crippen molar-refractivity contribution in [3.8, 4) is 22.1 Å². The van der Waals surface area contributed by atoms with E-state index in [2.05, 4.69) is 5.10 Å². The molecule has 0 radical (unpaired) electrons. The highest BCUT2D eigenvalue weighted by molar-refractivity contribution is 7.14. The van der Waals surface area contributed by atoms with Crippen LogP contribution in [0, 0.1) is 0 Å². The topological polar surface area (TPSA) is 53.4 Å². The molecule has 0 fully saturated rings. The van der Waals surface area contributed by atoms with E-state index in [0.717, 1.165) is 16.9 Å².